The van der Waals surface area contributed by atoms with Crippen LogP contribution in [-0.2, 0) is 9.53 Å². The molecule has 1 fully saturated rings. The van der Waals surface area contributed by atoms with Gasteiger partial charge in [0.05, 0.1) is 18.9 Å². The number of alkyl carbamates (subject to hydrolysis) is 1. The topological polar surface area (TPSA) is 132 Å². The van der Waals surface area contributed by atoms with Crippen LogP contribution in [0.1, 0.15) is 24.8 Å². The number of amides is 2. The van der Waals surface area contributed by atoms with Gasteiger partial charge in [0.2, 0.25) is 5.91 Å². The van der Waals surface area contributed by atoms with Crippen molar-refractivity contribution in [1.82, 2.24) is 25.8 Å². The number of likely N-dealkylation sites (tertiary alicyclic amines) is 1. The first-order valence-corrected chi connectivity index (χ1v) is 11.6. The number of aromatic nitrogens is 1. The molecule has 2 rings (SSSR count). The molecule has 0 saturated carbocycles. The monoisotopic (exact) mass is 497 g/mol. The third-order valence-corrected chi connectivity index (χ3v) is 5.55. The summed E-state index contributed by atoms with van der Waals surface area (Å²) in [6.45, 7) is 4.23. The van der Waals surface area contributed by atoms with Crippen molar-refractivity contribution in [2.45, 2.75) is 32.4 Å². The molecule has 0 radical (unpaired) electrons. The van der Waals surface area contributed by atoms with Crippen molar-refractivity contribution in [3.05, 3.63) is 41.0 Å². The minimum atomic E-state index is -2.71. The van der Waals surface area contributed by atoms with E-state index in [4.69, 9.17) is 10.1 Å². The molecule has 1 saturated heterocycles. The molecular formula is C21H29F2N7O3S. The number of aliphatic imine (C=N–C) groups is 1. The fourth-order valence-corrected chi connectivity index (χ4v) is 3.73. The second-order valence-corrected chi connectivity index (χ2v) is 8.02. The van der Waals surface area contributed by atoms with Crippen LogP contribution in [0, 0.1) is 5.41 Å². The molecule has 1 aliphatic heterocycles. The van der Waals surface area contributed by atoms with Crippen molar-refractivity contribution in [1.29, 1.82) is 5.41 Å². The second-order valence-electron chi connectivity index (χ2n) is 7.13. The van der Waals surface area contributed by atoms with Gasteiger partial charge in [0.1, 0.15) is 0 Å². The van der Waals surface area contributed by atoms with Gasteiger partial charge in [-0.3, -0.25) is 9.79 Å². The average molecular weight is 498 g/mol. The summed E-state index contributed by atoms with van der Waals surface area (Å²) in [4.78, 5) is 34.3. The zero-order valence-electron chi connectivity index (χ0n) is 18.9. The molecule has 0 spiro atoms. The molecule has 10 nitrogen and oxygen atoms in total. The standard InChI is InChI=1S/C21H29F2N7O3S/c1-3-33-21(32)29-13-15-4-5-17(31)30(15)10-8-25-18(19-26-9-11-34-19)28-12-14(2)16(24)6-7-27-20(22)23/h6-7,9,11,15,20,24,27H,2-5,8,10,12-13H2,1H3,(H,25,28)(H,29,32)/b7-6-,24-16?. The summed E-state index contributed by atoms with van der Waals surface area (Å²) in [5.74, 6) is 0.489. The van der Waals surface area contributed by atoms with Gasteiger partial charge in [0.25, 0.3) is 0 Å². The zero-order chi connectivity index (χ0) is 24.9. The largest absolute Gasteiger partial charge is 0.450 e. The van der Waals surface area contributed by atoms with E-state index >= 15 is 0 Å². The lowest BCUT2D eigenvalue weighted by molar-refractivity contribution is -0.128. The number of amidine groups is 1. The Hall–Kier alpha value is -3.35. The first kappa shape index (κ1) is 26.9. The van der Waals surface area contributed by atoms with Gasteiger partial charge >= 0.3 is 12.6 Å². The van der Waals surface area contributed by atoms with E-state index in [0.29, 0.717) is 48.9 Å². The highest BCUT2D eigenvalue weighted by atomic mass is 32.1. The quantitative estimate of drug-likeness (QED) is 0.188. The van der Waals surface area contributed by atoms with E-state index in [1.165, 1.54) is 17.4 Å². The van der Waals surface area contributed by atoms with Gasteiger partial charge in [-0.2, -0.15) is 8.78 Å². The predicted octanol–water partition coefficient (Wildman–Crippen LogP) is 2.12. The SMILES string of the molecule is C=C(C/N=C(\NCCN1C(=O)CCC1CNC(=O)OCC)c1nccs1)C(=N)/C=C\NC(F)F. The van der Waals surface area contributed by atoms with Crippen molar-refractivity contribution in [2.75, 3.05) is 32.8 Å². The lowest BCUT2D eigenvalue weighted by Crippen LogP contribution is -2.45. The summed E-state index contributed by atoms with van der Waals surface area (Å²) in [6, 6.07) is -0.118. The molecule has 1 atom stereocenters. The van der Waals surface area contributed by atoms with Crippen LogP contribution in [-0.4, -0.2) is 78.8 Å². The van der Waals surface area contributed by atoms with Crippen LogP contribution in [0.5, 0.6) is 0 Å². The highest BCUT2D eigenvalue weighted by Crippen LogP contribution is 2.17. The third-order valence-electron chi connectivity index (χ3n) is 4.77. The van der Waals surface area contributed by atoms with E-state index in [2.05, 4.69) is 27.2 Å². The van der Waals surface area contributed by atoms with Gasteiger partial charge in [0, 0.05) is 49.9 Å². The lowest BCUT2D eigenvalue weighted by atomic mass is 10.2. The van der Waals surface area contributed by atoms with E-state index in [1.54, 1.807) is 28.7 Å². The molecule has 1 unspecified atom stereocenters. The Balaban J connectivity index is 1.93. The summed E-state index contributed by atoms with van der Waals surface area (Å²) >= 11 is 1.37. The highest BCUT2D eigenvalue weighted by Gasteiger charge is 2.30. The number of carbonyl (C=O) groups excluding carboxylic acids is 2. The van der Waals surface area contributed by atoms with Crippen molar-refractivity contribution < 1.29 is 23.1 Å². The van der Waals surface area contributed by atoms with Gasteiger partial charge in [-0.05, 0) is 25.0 Å². The molecular weight excluding hydrogens is 468 g/mol. The molecule has 0 aromatic carbocycles. The number of halogens is 2. The van der Waals surface area contributed by atoms with E-state index in [-0.39, 0.29) is 30.8 Å². The number of nitrogens with one attached hydrogen (secondary N) is 4. The van der Waals surface area contributed by atoms with Crippen LogP contribution in [0.2, 0.25) is 0 Å². The van der Waals surface area contributed by atoms with Crippen molar-refractivity contribution in [3.63, 3.8) is 0 Å². The summed E-state index contributed by atoms with van der Waals surface area (Å²) < 4.78 is 29.2. The Morgan fingerprint density at radius 2 is 2.29 bits per heavy atom. The average Bonchev–Trinajstić information content (AvgIpc) is 3.45. The van der Waals surface area contributed by atoms with Crippen LogP contribution >= 0.6 is 11.3 Å². The molecule has 2 heterocycles. The molecule has 4 N–H and O–H groups in total. The number of allylic oxidation sites excluding steroid dienone is 1. The molecule has 0 bridgehead atoms. The number of hydrogen-bond acceptors (Lipinski definition) is 8. The van der Waals surface area contributed by atoms with Gasteiger partial charge in [-0.15, -0.1) is 11.3 Å². The Bertz CT molecular complexity index is 906. The minimum absolute atomic E-state index is 0.0104. The summed E-state index contributed by atoms with van der Waals surface area (Å²) in [7, 11) is 0. The van der Waals surface area contributed by atoms with Crippen LogP contribution in [0.3, 0.4) is 0 Å². The molecule has 0 aliphatic carbocycles. The van der Waals surface area contributed by atoms with Crippen LogP contribution < -0.4 is 16.0 Å². The smallest absolute Gasteiger partial charge is 0.407 e. The Kier molecular flexibility index (Phi) is 11.1. The fourth-order valence-electron chi connectivity index (χ4n) is 3.11. The van der Waals surface area contributed by atoms with Gasteiger partial charge < -0.3 is 31.0 Å². The number of carbonyl (C=O) groups is 2. The molecule has 1 aliphatic rings. The van der Waals surface area contributed by atoms with E-state index in [1.807, 2.05) is 0 Å². The van der Waals surface area contributed by atoms with Crippen LogP contribution in [0.4, 0.5) is 13.6 Å². The maximum Gasteiger partial charge on any atom is 0.407 e. The Morgan fingerprint density at radius 1 is 1.50 bits per heavy atom. The molecule has 13 heteroatoms. The zero-order valence-corrected chi connectivity index (χ0v) is 19.7. The predicted molar refractivity (Wildman–Crippen MR) is 126 cm³/mol. The molecule has 186 valence electrons. The minimum Gasteiger partial charge on any atom is -0.450 e. The third kappa shape index (κ3) is 8.89. The number of alkyl halides is 2. The number of rotatable bonds is 13. The number of hydrogen-bond donors (Lipinski definition) is 4. The fraction of sp³-hybridized carbons (Fsp3) is 0.476. The van der Waals surface area contributed by atoms with Crippen molar-refractivity contribution in [2.24, 2.45) is 4.99 Å². The lowest BCUT2D eigenvalue weighted by Gasteiger charge is -2.25. The number of ether oxygens (including phenoxy) is 1. The summed E-state index contributed by atoms with van der Waals surface area (Å²) in [5, 5.41) is 18.0. The molecule has 2 amide bonds. The molecule has 34 heavy (non-hydrogen) atoms. The van der Waals surface area contributed by atoms with Crippen molar-refractivity contribution in [3.8, 4) is 0 Å². The maximum absolute atomic E-state index is 12.3. The Labute approximate surface area is 200 Å². The summed E-state index contributed by atoms with van der Waals surface area (Å²) in [6.07, 6.45) is 4.36. The maximum atomic E-state index is 12.3. The second kappa shape index (κ2) is 14.0. The van der Waals surface area contributed by atoms with Gasteiger partial charge in [0.15, 0.2) is 10.8 Å². The van der Waals surface area contributed by atoms with Gasteiger partial charge in [-0.1, -0.05) is 6.58 Å². The first-order chi connectivity index (χ1) is 16.3. The Morgan fingerprint density at radius 3 is 2.97 bits per heavy atom. The van der Waals surface area contributed by atoms with Crippen molar-refractivity contribution >= 4 is 34.9 Å². The molecule has 1 aromatic heterocycles. The normalized spacial score (nSPS) is 16.2. The van der Waals surface area contributed by atoms with E-state index in [0.717, 1.165) is 6.20 Å². The first-order valence-electron chi connectivity index (χ1n) is 10.7. The van der Waals surface area contributed by atoms with Crippen LogP contribution in [0.25, 0.3) is 0 Å². The van der Waals surface area contributed by atoms with Crippen LogP contribution in [0.15, 0.2) is 41.0 Å². The van der Waals surface area contributed by atoms with E-state index < -0.39 is 12.6 Å². The highest BCUT2D eigenvalue weighted by molar-refractivity contribution is 7.11. The number of thiazole rings is 1. The number of nitrogens with zero attached hydrogens (tertiary/aromatic N) is 3. The van der Waals surface area contributed by atoms with Gasteiger partial charge in [-0.25, -0.2) is 9.78 Å². The molecule has 1 aromatic rings. The van der Waals surface area contributed by atoms with E-state index in [9.17, 15) is 18.4 Å². The summed E-state index contributed by atoms with van der Waals surface area (Å²) in [5.41, 5.74) is 0.304.